The maximum Gasteiger partial charge on any atom is 0.421 e. The Balaban J connectivity index is 2.35. The van der Waals surface area contributed by atoms with Gasteiger partial charge in [0.1, 0.15) is 17.6 Å². The molecule has 0 aliphatic heterocycles. The minimum atomic E-state index is -4.66. The van der Waals surface area contributed by atoms with E-state index in [-0.39, 0.29) is 5.16 Å². The summed E-state index contributed by atoms with van der Waals surface area (Å²) in [5.74, 6) is -1.57. The summed E-state index contributed by atoms with van der Waals surface area (Å²) in [5, 5.41) is 2.43. The molecule has 6 nitrogen and oxygen atoms in total. The molecule has 122 valence electrons. The number of amides is 1. The van der Waals surface area contributed by atoms with Crippen LogP contribution >= 0.6 is 0 Å². The molecule has 1 heterocycles. The van der Waals surface area contributed by atoms with Crippen LogP contribution in [0.3, 0.4) is 0 Å². The first-order chi connectivity index (χ1) is 10.2. The Morgan fingerprint density at radius 1 is 1.50 bits per heavy atom. The van der Waals surface area contributed by atoms with Gasteiger partial charge >= 0.3 is 11.3 Å². The van der Waals surface area contributed by atoms with Crippen molar-refractivity contribution in [3.63, 3.8) is 0 Å². The molecule has 2 rings (SSSR count). The third kappa shape index (κ3) is 3.61. The molecule has 1 aromatic rings. The van der Waals surface area contributed by atoms with Gasteiger partial charge in [-0.15, -0.1) is 0 Å². The SMILES string of the molecule is C[S+]([O-])c1ncc(C(F)(F)F)c(N[C@@H]2CCC[C@@H]2C(N)=O)n1. The smallest absolute Gasteiger partial charge is 0.421 e. The van der Waals surface area contributed by atoms with Crippen LogP contribution in [-0.4, -0.2) is 32.7 Å². The number of hydrogen-bond acceptors (Lipinski definition) is 5. The molecule has 1 aromatic heterocycles. The van der Waals surface area contributed by atoms with Gasteiger partial charge in [-0.3, -0.25) is 4.79 Å². The highest BCUT2D eigenvalue weighted by atomic mass is 32.2. The van der Waals surface area contributed by atoms with Crippen LogP contribution in [0.15, 0.2) is 11.4 Å². The van der Waals surface area contributed by atoms with Crippen LogP contribution in [0.25, 0.3) is 0 Å². The maximum absolute atomic E-state index is 13.0. The molecule has 0 spiro atoms. The third-order valence-electron chi connectivity index (χ3n) is 3.53. The Labute approximate surface area is 127 Å². The molecule has 3 N–H and O–H groups in total. The van der Waals surface area contributed by atoms with Crippen molar-refractivity contribution in [3.8, 4) is 0 Å². The topological polar surface area (TPSA) is 104 Å². The summed E-state index contributed by atoms with van der Waals surface area (Å²) >= 11 is -1.62. The summed E-state index contributed by atoms with van der Waals surface area (Å²) in [6.07, 6.45) is -1.07. The molecule has 1 aliphatic carbocycles. The van der Waals surface area contributed by atoms with Crippen molar-refractivity contribution < 1.29 is 22.5 Å². The molecule has 3 atom stereocenters. The van der Waals surface area contributed by atoms with E-state index in [1.165, 1.54) is 6.26 Å². The number of carbonyl (C=O) groups is 1. The van der Waals surface area contributed by atoms with Crippen molar-refractivity contribution in [2.75, 3.05) is 11.6 Å². The third-order valence-corrected chi connectivity index (χ3v) is 4.24. The molecule has 1 amide bonds. The predicted molar refractivity (Wildman–Crippen MR) is 73.3 cm³/mol. The lowest BCUT2D eigenvalue weighted by Gasteiger charge is -2.21. The Morgan fingerprint density at radius 2 is 2.18 bits per heavy atom. The average molecular weight is 336 g/mol. The number of rotatable bonds is 4. The molecule has 0 saturated heterocycles. The Kier molecular flexibility index (Phi) is 4.81. The molecule has 0 aromatic carbocycles. The zero-order valence-corrected chi connectivity index (χ0v) is 12.5. The largest absolute Gasteiger partial charge is 0.609 e. The van der Waals surface area contributed by atoms with E-state index in [4.69, 9.17) is 5.73 Å². The van der Waals surface area contributed by atoms with Crippen molar-refractivity contribution in [2.45, 2.75) is 36.6 Å². The summed E-state index contributed by atoms with van der Waals surface area (Å²) < 4.78 is 50.4. The fourth-order valence-electron chi connectivity index (χ4n) is 2.47. The second kappa shape index (κ2) is 6.29. The number of primary amides is 1. The molecule has 0 radical (unpaired) electrons. The van der Waals surface area contributed by atoms with E-state index in [2.05, 4.69) is 15.3 Å². The average Bonchev–Trinajstić information content (AvgIpc) is 2.85. The molecule has 1 fully saturated rings. The second-order valence-corrected chi connectivity index (χ2v) is 6.33. The summed E-state index contributed by atoms with van der Waals surface area (Å²) in [7, 11) is 0. The Hall–Kier alpha value is -1.55. The molecule has 0 bridgehead atoms. The van der Waals surface area contributed by atoms with Crippen molar-refractivity contribution in [3.05, 3.63) is 11.8 Å². The summed E-state index contributed by atoms with van der Waals surface area (Å²) in [6, 6.07) is -0.522. The zero-order chi connectivity index (χ0) is 16.5. The number of nitrogens with zero attached hydrogens (tertiary/aromatic N) is 2. The highest BCUT2D eigenvalue weighted by Gasteiger charge is 2.38. The lowest BCUT2D eigenvalue weighted by atomic mass is 10.0. The minimum Gasteiger partial charge on any atom is -0.609 e. The van der Waals surface area contributed by atoms with E-state index in [0.717, 1.165) is 0 Å². The normalized spacial score (nSPS) is 23.3. The van der Waals surface area contributed by atoms with Gasteiger partial charge in [-0.25, -0.2) is 0 Å². The lowest BCUT2D eigenvalue weighted by molar-refractivity contribution is -0.137. The number of carbonyl (C=O) groups excluding carboxylic acids is 1. The van der Waals surface area contributed by atoms with Gasteiger partial charge in [-0.1, -0.05) is 6.42 Å². The van der Waals surface area contributed by atoms with Crippen molar-refractivity contribution >= 4 is 22.9 Å². The van der Waals surface area contributed by atoms with Crippen molar-refractivity contribution in [1.82, 2.24) is 9.97 Å². The monoisotopic (exact) mass is 336 g/mol. The van der Waals surface area contributed by atoms with Crippen molar-refractivity contribution in [2.24, 2.45) is 11.7 Å². The van der Waals surface area contributed by atoms with Crippen LogP contribution in [-0.2, 0) is 22.1 Å². The number of anilines is 1. The van der Waals surface area contributed by atoms with Gasteiger partial charge in [0.05, 0.1) is 5.92 Å². The van der Waals surface area contributed by atoms with Gasteiger partial charge < -0.3 is 15.6 Å². The lowest BCUT2D eigenvalue weighted by Crippen LogP contribution is -2.35. The first kappa shape index (κ1) is 16.8. The maximum atomic E-state index is 13.0. The summed E-state index contributed by atoms with van der Waals surface area (Å²) in [4.78, 5) is 18.5. The molecular formula is C12H15F3N4O2S. The van der Waals surface area contributed by atoms with Crippen LogP contribution in [0.5, 0.6) is 0 Å². The number of aromatic nitrogens is 2. The first-order valence-electron chi connectivity index (χ1n) is 6.53. The van der Waals surface area contributed by atoms with Gasteiger partial charge in [0, 0.05) is 23.4 Å². The second-order valence-electron chi connectivity index (χ2n) is 5.06. The van der Waals surface area contributed by atoms with Gasteiger partial charge in [0.25, 0.3) is 0 Å². The number of alkyl halides is 3. The molecule has 1 saturated carbocycles. The Morgan fingerprint density at radius 3 is 2.73 bits per heavy atom. The molecule has 1 aliphatic rings. The van der Waals surface area contributed by atoms with Crippen LogP contribution in [0, 0.1) is 5.92 Å². The number of nitrogens with two attached hydrogens (primary N) is 1. The predicted octanol–water partition coefficient (Wildman–Crippen LogP) is 1.30. The van der Waals surface area contributed by atoms with E-state index in [1.54, 1.807) is 0 Å². The number of halogens is 3. The molecule has 10 heteroatoms. The quantitative estimate of drug-likeness (QED) is 0.637. The van der Waals surface area contributed by atoms with Crippen LogP contribution in [0.1, 0.15) is 24.8 Å². The van der Waals surface area contributed by atoms with Gasteiger partial charge in [-0.05, 0) is 12.8 Å². The molecular weight excluding hydrogens is 321 g/mol. The zero-order valence-electron chi connectivity index (χ0n) is 11.7. The van der Waals surface area contributed by atoms with E-state index in [0.29, 0.717) is 25.5 Å². The van der Waals surface area contributed by atoms with Crippen LogP contribution in [0.4, 0.5) is 19.0 Å². The minimum absolute atomic E-state index is 0.205. The van der Waals surface area contributed by atoms with Crippen LogP contribution < -0.4 is 11.1 Å². The van der Waals surface area contributed by atoms with Gasteiger partial charge in [0.15, 0.2) is 0 Å². The Bertz CT molecular complexity index is 568. The highest BCUT2D eigenvalue weighted by Crippen LogP contribution is 2.36. The molecule has 22 heavy (non-hydrogen) atoms. The van der Waals surface area contributed by atoms with E-state index < -0.39 is 46.6 Å². The van der Waals surface area contributed by atoms with Gasteiger partial charge in [-0.2, -0.15) is 23.1 Å². The first-order valence-corrected chi connectivity index (χ1v) is 8.09. The fourth-order valence-corrected chi connectivity index (χ4v) is 2.89. The van der Waals surface area contributed by atoms with Gasteiger partial charge in [0.2, 0.25) is 5.91 Å². The van der Waals surface area contributed by atoms with Crippen molar-refractivity contribution in [1.29, 1.82) is 0 Å². The number of nitrogens with one attached hydrogen (secondary N) is 1. The summed E-state index contributed by atoms with van der Waals surface area (Å²) in [6.45, 7) is 0. The fraction of sp³-hybridized carbons (Fsp3) is 0.583. The standard InChI is InChI=1S/C12H15F3N4O2S/c1-22(21)11-17-5-7(12(13,14)15)10(19-11)18-8-4-2-3-6(8)9(16)20/h5-6,8H,2-4H2,1H3,(H2,16,20)(H,17,18,19)/t6-,8+,22?/m0/s1. The van der Waals surface area contributed by atoms with E-state index in [9.17, 15) is 22.5 Å². The van der Waals surface area contributed by atoms with E-state index >= 15 is 0 Å². The highest BCUT2D eigenvalue weighted by molar-refractivity contribution is 7.90. The summed E-state index contributed by atoms with van der Waals surface area (Å²) in [5.41, 5.74) is 4.20. The van der Waals surface area contributed by atoms with Crippen LogP contribution in [0.2, 0.25) is 0 Å². The number of hydrogen-bond donors (Lipinski definition) is 2. The molecule has 1 unspecified atom stereocenters. The van der Waals surface area contributed by atoms with E-state index in [1.807, 2.05) is 0 Å².